The predicted octanol–water partition coefficient (Wildman–Crippen LogP) is 1.25. The van der Waals surface area contributed by atoms with Gasteiger partial charge in [-0.15, -0.1) is 18.2 Å². The number of terminal acetylenes is 1. The number of nitrogens with one attached hydrogen (secondary N) is 2. The van der Waals surface area contributed by atoms with Crippen LogP contribution in [-0.2, 0) is 4.79 Å². The van der Waals surface area contributed by atoms with Gasteiger partial charge >= 0.3 is 0 Å². The van der Waals surface area contributed by atoms with Crippen molar-refractivity contribution < 1.29 is 4.79 Å². The zero-order valence-corrected chi connectivity index (χ0v) is 11.0. The van der Waals surface area contributed by atoms with Crippen molar-refractivity contribution in [2.24, 2.45) is 0 Å². The molecule has 0 rings (SSSR count). The number of hydrogen-bond acceptors (Lipinski definition) is 3. The van der Waals surface area contributed by atoms with Crippen LogP contribution in [0, 0.1) is 12.3 Å². The van der Waals surface area contributed by atoms with E-state index in [0.29, 0.717) is 6.54 Å². The molecule has 0 aromatic carbocycles. The average molecular weight is 242 g/mol. The molecular weight excluding hydrogens is 220 g/mol. The molecule has 0 aromatic rings. The van der Waals surface area contributed by atoms with Gasteiger partial charge in [0.2, 0.25) is 5.91 Å². The molecule has 0 aliphatic heterocycles. The quantitative estimate of drug-likeness (QED) is 0.472. The molecule has 1 unspecified atom stereocenters. The lowest BCUT2D eigenvalue weighted by Crippen LogP contribution is -2.39. The van der Waals surface area contributed by atoms with Gasteiger partial charge < -0.3 is 10.6 Å². The van der Waals surface area contributed by atoms with Gasteiger partial charge in [-0.1, -0.05) is 19.3 Å². The first kappa shape index (κ1) is 15.3. The molecule has 0 saturated carbocycles. The monoisotopic (exact) mass is 242 g/mol. The molecule has 3 nitrogen and oxygen atoms in total. The molecule has 0 heterocycles. The van der Waals surface area contributed by atoms with Gasteiger partial charge in [0.05, 0.1) is 12.3 Å². The van der Waals surface area contributed by atoms with Crippen LogP contribution in [0.5, 0.6) is 0 Å². The minimum atomic E-state index is 0.0721. The molecule has 16 heavy (non-hydrogen) atoms. The largest absolute Gasteiger partial charge is 0.353 e. The lowest BCUT2D eigenvalue weighted by atomic mass is 10.2. The SMILES string of the molecule is C#CCSCCNCC(=O)NC(C)CCC. The Morgan fingerprint density at radius 2 is 2.31 bits per heavy atom. The number of amides is 1. The van der Waals surface area contributed by atoms with Crippen LogP contribution in [0.25, 0.3) is 0 Å². The minimum absolute atomic E-state index is 0.0721. The topological polar surface area (TPSA) is 41.1 Å². The summed E-state index contributed by atoms with van der Waals surface area (Å²) in [5, 5.41) is 6.03. The third kappa shape index (κ3) is 9.88. The van der Waals surface area contributed by atoms with Gasteiger partial charge in [-0.25, -0.2) is 0 Å². The van der Waals surface area contributed by atoms with E-state index in [1.807, 2.05) is 6.92 Å². The van der Waals surface area contributed by atoms with Gasteiger partial charge in [-0.3, -0.25) is 4.79 Å². The van der Waals surface area contributed by atoms with Crippen LogP contribution in [0.3, 0.4) is 0 Å². The molecule has 0 aromatic heterocycles. The molecule has 0 aliphatic carbocycles. The Kier molecular flexibility index (Phi) is 10.4. The third-order valence-electron chi connectivity index (χ3n) is 2.02. The Balaban J connectivity index is 3.34. The highest BCUT2D eigenvalue weighted by atomic mass is 32.2. The summed E-state index contributed by atoms with van der Waals surface area (Å²) in [5.41, 5.74) is 0. The highest BCUT2D eigenvalue weighted by Gasteiger charge is 2.04. The van der Waals surface area contributed by atoms with Crippen LogP contribution in [-0.4, -0.2) is 36.5 Å². The molecule has 0 saturated heterocycles. The number of carbonyl (C=O) groups excluding carboxylic acids is 1. The molecule has 2 N–H and O–H groups in total. The van der Waals surface area contributed by atoms with Gasteiger partial charge in [0.15, 0.2) is 0 Å². The second-order valence-electron chi connectivity index (χ2n) is 3.69. The summed E-state index contributed by atoms with van der Waals surface area (Å²) in [5.74, 6) is 4.32. The molecule has 4 heteroatoms. The summed E-state index contributed by atoms with van der Waals surface area (Å²) in [4.78, 5) is 11.4. The summed E-state index contributed by atoms with van der Waals surface area (Å²) >= 11 is 1.70. The normalized spacial score (nSPS) is 11.8. The summed E-state index contributed by atoms with van der Waals surface area (Å²) in [6, 6.07) is 0.273. The summed E-state index contributed by atoms with van der Waals surface area (Å²) in [6.07, 6.45) is 7.25. The first-order chi connectivity index (χ1) is 7.70. The standard InChI is InChI=1S/C12H22N2OS/c1-4-6-11(3)14-12(15)10-13-7-9-16-8-5-2/h2,11,13H,4,6-10H2,1,3H3,(H,14,15). The molecule has 0 fully saturated rings. The van der Waals surface area contributed by atoms with E-state index in [2.05, 4.69) is 23.5 Å². The van der Waals surface area contributed by atoms with Crippen LogP contribution in [0.15, 0.2) is 0 Å². The molecular formula is C12H22N2OS. The zero-order chi connectivity index (χ0) is 12.2. The fourth-order valence-electron chi connectivity index (χ4n) is 1.31. The van der Waals surface area contributed by atoms with Crippen molar-refractivity contribution in [2.75, 3.05) is 24.6 Å². The van der Waals surface area contributed by atoms with Gasteiger partial charge in [0.25, 0.3) is 0 Å². The van der Waals surface area contributed by atoms with Crippen LogP contribution in [0.4, 0.5) is 0 Å². The van der Waals surface area contributed by atoms with Gasteiger partial charge in [0.1, 0.15) is 0 Å². The number of carbonyl (C=O) groups is 1. The Morgan fingerprint density at radius 1 is 1.56 bits per heavy atom. The van der Waals surface area contributed by atoms with E-state index in [1.54, 1.807) is 11.8 Å². The molecule has 0 bridgehead atoms. The van der Waals surface area contributed by atoms with Crippen LogP contribution >= 0.6 is 11.8 Å². The second kappa shape index (κ2) is 10.8. The van der Waals surface area contributed by atoms with Crippen molar-refractivity contribution in [3.63, 3.8) is 0 Å². The molecule has 0 radical (unpaired) electrons. The lowest BCUT2D eigenvalue weighted by molar-refractivity contribution is -0.120. The van der Waals surface area contributed by atoms with E-state index in [-0.39, 0.29) is 11.9 Å². The van der Waals surface area contributed by atoms with E-state index in [0.717, 1.165) is 30.9 Å². The van der Waals surface area contributed by atoms with Gasteiger partial charge in [-0.05, 0) is 13.3 Å². The molecule has 1 atom stereocenters. The maximum atomic E-state index is 11.4. The first-order valence-electron chi connectivity index (χ1n) is 5.72. The van der Waals surface area contributed by atoms with Gasteiger partial charge in [0, 0.05) is 18.3 Å². The first-order valence-corrected chi connectivity index (χ1v) is 6.87. The fraction of sp³-hybridized carbons (Fsp3) is 0.750. The number of hydrogen-bond donors (Lipinski definition) is 2. The summed E-state index contributed by atoms with van der Waals surface area (Å²) < 4.78 is 0. The predicted molar refractivity (Wildman–Crippen MR) is 71.5 cm³/mol. The Labute approximate surface area is 103 Å². The summed E-state index contributed by atoms with van der Waals surface area (Å²) in [6.45, 7) is 5.36. The fourth-order valence-corrected chi connectivity index (χ4v) is 1.86. The lowest BCUT2D eigenvalue weighted by Gasteiger charge is -2.12. The van der Waals surface area contributed by atoms with Crippen molar-refractivity contribution in [1.29, 1.82) is 0 Å². The molecule has 0 aliphatic rings. The highest BCUT2D eigenvalue weighted by Crippen LogP contribution is 1.95. The Hall–Kier alpha value is -0.660. The van der Waals surface area contributed by atoms with Crippen molar-refractivity contribution in [2.45, 2.75) is 32.7 Å². The summed E-state index contributed by atoms with van der Waals surface area (Å²) in [7, 11) is 0. The van der Waals surface area contributed by atoms with Crippen molar-refractivity contribution in [1.82, 2.24) is 10.6 Å². The maximum Gasteiger partial charge on any atom is 0.234 e. The van der Waals surface area contributed by atoms with Gasteiger partial charge in [-0.2, -0.15) is 0 Å². The Morgan fingerprint density at radius 3 is 2.94 bits per heavy atom. The third-order valence-corrected chi connectivity index (χ3v) is 2.89. The molecule has 92 valence electrons. The minimum Gasteiger partial charge on any atom is -0.353 e. The van der Waals surface area contributed by atoms with E-state index in [9.17, 15) is 4.79 Å². The molecule has 0 spiro atoms. The van der Waals surface area contributed by atoms with E-state index in [4.69, 9.17) is 6.42 Å². The van der Waals surface area contributed by atoms with E-state index in [1.165, 1.54) is 0 Å². The second-order valence-corrected chi connectivity index (χ2v) is 4.80. The maximum absolute atomic E-state index is 11.4. The van der Waals surface area contributed by atoms with Crippen molar-refractivity contribution >= 4 is 17.7 Å². The van der Waals surface area contributed by atoms with Crippen molar-refractivity contribution in [3.8, 4) is 12.3 Å². The smallest absolute Gasteiger partial charge is 0.234 e. The molecule has 1 amide bonds. The van der Waals surface area contributed by atoms with Crippen molar-refractivity contribution in [3.05, 3.63) is 0 Å². The van der Waals surface area contributed by atoms with E-state index < -0.39 is 0 Å². The number of rotatable bonds is 9. The van der Waals surface area contributed by atoms with Crippen LogP contribution < -0.4 is 10.6 Å². The number of thioether (sulfide) groups is 1. The van der Waals surface area contributed by atoms with Crippen LogP contribution in [0.2, 0.25) is 0 Å². The average Bonchev–Trinajstić information content (AvgIpc) is 2.23. The van der Waals surface area contributed by atoms with Crippen LogP contribution in [0.1, 0.15) is 26.7 Å². The van der Waals surface area contributed by atoms with E-state index >= 15 is 0 Å². The highest BCUT2D eigenvalue weighted by molar-refractivity contribution is 7.99. The Bertz CT molecular complexity index is 226. The zero-order valence-electron chi connectivity index (χ0n) is 10.2.